The Hall–Kier alpha value is 0.0200. The van der Waals surface area contributed by atoms with Crippen LogP contribution in [0.3, 0.4) is 0 Å². The molecule has 0 saturated carbocycles. The first-order valence-corrected chi connectivity index (χ1v) is 5.29. The lowest BCUT2D eigenvalue weighted by atomic mass is 10.2. The summed E-state index contributed by atoms with van der Waals surface area (Å²) in [6, 6.07) is 5.45. The molecule has 0 spiro atoms. The molecule has 0 aliphatic heterocycles. The van der Waals surface area contributed by atoms with Crippen LogP contribution in [0.2, 0.25) is 10.0 Å². The maximum absolute atomic E-state index is 5.91. The molecule has 64 valence electrons. The van der Waals surface area contributed by atoms with Gasteiger partial charge in [-0.2, -0.15) is 0 Å². The molecule has 0 saturated heterocycles. The molecule has 1 rings (SSSR count). The van der Waals surface area contributed by atoms with Crippen LogP contribution in [-0.4, -0.2) is 5.33 Å². The van der Waals surface area contributed by atoms with Crippen LogP contribution < -0.4 is 0 Å². The maximum atomic E-state index is 5.91. The lowest BCUT2D eigenvalue weighted by Crippen LogP contribution is -1.74. The fourth-order valence-corrected chi connectivity index (χ4v) is 1.47. The minimum atomic E-state index is 0.663. The number of allylic oxidation sites excluding steroid dienone is 1. The Morgan fingerprint density at radius 1 is 1.33 bits per heavy atom. The largest absolute Gasteiger partial charge is 0.0883 e. The molecule has 0 fully saturated rings. The second-order valence-corrected chi connectivity index (χ2v) is 3.71. The average Bonchev–Trinajstić information content (AvgIpc) is 2.03. The van der Waals surface area contributed by atoms with Crippen molar-refractivity contribution in [1.82, 2.24) is 0 Å². The van der Waals surface area contributed by atoms with E-state index in [0.29, 0.717) is 10.0 Å². The summed E-state index contributed by atoms with van der Waals surface area (Å²) >= 11 is 14.9. The molecular weight excluding hydrogens is 259 g/mol. The molecule has 12 heavy (non-hydrogen) atoms. The van der Waals surface area contributed by atoms with Crippen LogP contribution in [0.1, 0.15) is 5.56 Å². The van der Waals surface area contributed by atoms with Crippen molar-refractivity contribution in [2.45, 2.75) is 0 Å². The maximum Gasteiger partial charge on any atom is 0.0493 e. The number of hydrogen-bond donors (Lipinski definition) is 0. The minimum absolute atomic E-state index is 0.663. The fourth-order valence-electron chi connectivity index (χ4n) is 0.808. The molecule has 0 unspecified atom stereocenters. The van der Waals surface area contributed by atoms with E-state index in [0.717, 1.165) is 10.9 Å². The van der Waals surface area contributed by atoms with Crippen molar-refractivity contribution < 1.29 is 0 Å². The third-order valence-corrected chi connectivity index (χ3v) is 2.29. The topological polar surface area (TPSA) is 0 Å². The van der Waals surface area contributed by atoms with Crippen LogP contribution in [0, 0.1) is 0 Å². The normalized spacial score (nSPS) is 10.9. The molecule has 1 aromatic rings. The summed E-state index contributed by atoms with van der Waals surface area (Å²) in [5, 5.41) is 2.17. The fraction of sp³-hybridized carbons (Fsp3) is 0.111. The van der Waals surface area contributed by atoms with E-state index in [1.807, 2.05) is 24.3 Å². The van der Waals surface area contributed by atoms with E-state index in [1.165, 1.54) is 0 Å². The van der Waals surface area contributed by atoms with Crippen LogP contribution in [-0.2, 0) is 0 Å². The summed E-state index contributed by atoms with van der Waals surface area (Å²) in [5.74, 6) is 0. The molecule has 0 heterocycles. The Balaban J connectivity index is 2.94. The van der Waals surface area contributed by atoms with Crippen LogP contribution in [0.4, 0.5) is 0 Å². The van der Waals surface area contributed by atoms with Crippen molar-refractivity contribution in [3.8, 4) is 0 Å². The number of hydrogen-bond acceptors (Lipinski definition) is 0. The Morgan fingerprint density at radius 2 is 2.08 bits per heavy atom. The van der Waals surface area contributed by atoms with Gasteiger partial charge >= 0.3 is 0 Å². The van der Waals surface area contributed by atoms with Crippen LogP contribution in [0.5, 0.6) is 0 Å². The number of benzene rings is 1. The molecule has 0 aliphatic rings. The number of halogens is 3. The molecule has 0 nitrogen and oxygen atoms in total. The summed E-state index contributed by atoms with van der Waals surface area (Å²) in [5.41, 5.74) is 0.987. The molecule has 1 aromatic carbocycles. The Labute approximate surface area is 90.3 Å². The summed E-state index contributed by atoms with van der Waals surface area (Å²) in [7, 11) is 0. The van der Waals surface area contributed by atoms with Gasteiger partial charge in [0.2, 0.25) is 0 Å². The van der Waals surface area contributed by atoms with Gasteiger partial charge in [0.15, 0.2) is 0 Å². The predicted molar refractivity (Wildman–Crippen MR) is 59.3 cm³/mol. The lowest BCUT2D eigenvalue weighted by molar-refractivity contribution is 1.64. The zero-order valence-electron chi connectivity index (χ0n) is 6.23. The smallest absolute Gasteiger partial charge is 0.0493 e. The quantitative estimate of drug-likeness (QED) is 0.696. The van der Waals surface area contributed by atoms with E-state index in [1.54, 1.807) is 6.07 Å². The first-order valence-electron chi connectivity index (χ1n) is 3.41. The van der Waals surface area contributed by atoms with Crippen LogP contribution in [0.25, 0.3) is 6.08 Å². The molecule has 0 aliphatic carbocycles. The van der Waals surface area contributed by atoms with Crippen molar-refractivity contribution >= 4 is 45.2 Å². The van der Waals surface area contributed by atoms with Gasteiger partial charge in [-0.25, -0.2) is 0 Å². The highest BCUT2D eigenvalue weighted by atomic mass is 79.9. The van der Waals surface area contributed by atoms with Gasteiger partial charge in [-0.3, -0.25) is 0 Å². The average molecular weight is 266 g/mol. The van der Waals surface area contributed by atoms with Gasteiger partial charge in [0, 0.05) is 15.4 Å². The number of alkyl halides is 1. The van der Waals surface area contributed by atoms with Gasteiger partial charge in [0.1, 0.15) is 0 Å². The standard InChI is InChI=1S/C9H7BrCl2/c10-5-1-2-7-3-4-8(11)6-9(7)12/h1-4,6H,5H2. The summed E-state index contributed by atoms with van der Waals surface area (Å²) in [6.45, 7) is 0. The van der Waals surface area contributed by atoms with Crippen molar-refractivity contribution in [3.63, 3.8) is 0 Å². The van der Waals surface area contributed by atoms with Crippen molar-refractivity contribution in [2.75, 3.05) is 5.33 Å². The summed E-state index contributed by atoms with van der Waals surface area (Å²) < 4.78 is 0. The van der Waals surface area contributed by atoms with Gasteiger partial charge in [0.25, 0.3) is 0 Å². The first kappa shape index (κ1) is 10.1. The summed E-state index contributed by atoms with van der Waals surface area (Å²) in [6.07, 6.45) is 3.93. The van der Waals surface area contributed by atoms with E-state index < -0.39 is 0 Å². The van der Waals surface area contributed by atoms with E-state index in [2.05, 4.69) is 15.9 Å². The van der Waals surface area contributed by atoms with Gasteiger partial charge in [-0.05, 0) is 17.7 Å². The second kappa shape index (κ2) is 4.90. The number of rotatable bonds is 2. The van der Waals surface area contributed by atoms with Gasteiger partial charge in [-0.15, -0.1) is 0 Å². The van der Waals surface area contributed by atoms with Gasteiger partial charge in [-0.1, -0.05) is 57.4 Å². The van der Waals surface area contributed by atoms with Crippen LogP contribution >= 0.6 is 39.1 Å². The highest BCUT2D eigenvalue weighted by molar-refractivity contribution is 9.09. The Morgan fingerprint density at radius 3 is 2.67 bits per heavy atom. The molecule has 0 atom stereocenters. The highest BCUT2D eigenvalue weighted by Crippen LogP contribution is 2.21. The zero-order valence-corrected chi connectivity index (χ0v) is 9.33. The molecule has 0 radical (unpaired) electrons. The van der Waals surface area contributed by atoms with E-state index in [4.69, 9.17) is 23.2 Å². The minimum Gasteiger partial charge on any atom is -0.0883 e. The van der Waals surface area contributed by atoms with Crippen molar-refractivity contribution in [3.05, 3.63) is 39.9 Å². The van der Waals surface area contributed by atoms with Crippen molar-refractivity contribution in [1.29, 1.82) is 0 Å². The van der Waals surface area contributed by atoms with E-state index in [9.17, 15) is 0 Å². The third kappa shape index (κ3) is 2.81. The molecule has 0 bridgehead atoms. The van der Waals surface area contributed by atoms with Gasteiger partial charge < -0.3 is 0 Å². The molecule has 0 N–H and O–H groups in total. The van der Waals surface area contributed by atoms with Crippen LogP contribution in [0.15, 0.2) is 24.3 Å². The third-order valence-electron chi connectivity index (χ3n) is 1.35. The molecule has 0 amide bonds. The van der Waals surface area contributed by atoms with Crippen molar-refractivity contribution in [2.24, 2.45) is 0 Å². The van der Waals surface area contributed by atoms with E-state index >= 15 is 0 Å². The first-order chi connectivity index (χ1) is 5.74. The zero-order chi connectivity index (χ0) is 8.97. The SMILES string of the molecule is Clc1ccc(C=CCBr)c(Cl)c1. The Kier molecular flexibility index (Phi) is 4.13. The highest BCUT2D eigenvalue weighted by Gasteiger charge is 1.95. The summed E-state index contributed by atoms with van der Waals surface area (Å²) in [4.78, 5) is 0. The Bertz CT molecular complexity index is 295. The monoisotopic (exact) mass is 264 g/mol. The second-order valence-electron chi connectivity index (χ2n) is 2.22. The lowest BCUT2D eigenvalue weighted by Gasteiger charge is -1.97. The van der Waals surface area contributed by atoms with E-state index in [-0.39, 0.29) is 0 Å². The van der Waals surface area contributed by atoms with Gasteiger partial charge in [0.05, 0.1) is 0 Å². The predicted octanol–water partition coefficient (Wildman–Crippen LogP) is 4.40. The molecular formula is C9H7BrCl2. The molecule has 0 aromatic heterocycles. The molecule has 3 heteroatoms.